The fourth-order valence-corrected chi connectivity index (χ4v) is 7.33. The van der Waals surface area contributed by atoms with Crippen LogP contribution in [0.4, 0.5) is 0 Å². The van der Waals surface area contributed by atoms with Crippen LogP contribution in [0.2, 0.25) is 0 Å². The summed E-state index contributed by atoms with van der Waals surface area (Å²) in [6.07, 6.45) is 1.98. The standard InChI is InChI=1S/C40H24N4S/c1-3-11-25(12-4-1)38-42-39(26-13-5-2-6-14-26)44-40(43-38)34-23-28(22-33-32-16-8-10-18-36(32)45-37(33)34)27-19-20-30-29(21-27)24-41-35-17-9-7-15-31(30)35/h1-24H. The van der Waals surface area contributed by atoms with Crippen molar-refractivity contribution in [1.29, 1.82) is 0 Å². The average Bonchev–Trinajstić information content (AvgIpc) is 3.50. The van der Waals surface area contributed by atoms with E-state index in [1.54, 1.807) is 11.3 Å². The first-order valence-electron chi connectivity index (χ1n) is 14.9. The van der Waals surface area contributed by atoms with Gasteiger partial charge in [0.15, 0.2) is 17.5 Å². The Balaban J connectivity index is 1.31. The molecular weight excluding hydrogens is 569 g/mol. The predicted molar refractivity (Wildman–Crippen MR) is 187 cm³/mol. The van der Waals surface area contributed by atoms with Gasteiger partial charge in [0, 0.05) is 53.8 Å². The van der Waals surface area contributed by atoms with Crippen molar-refractivity contribution >= 4 is 53.2 Å². The van der Waals surface area contributed by atoms with E-state index >= 15 is 0 Å². The van der Waals surface area contributed by atoms with Gasteiger partial charge in [0.05, 0.1) is 5.52 Å². The average molecular weight is 593 g/mol. The number of rotatable bonds is 4. The van der Waals surface area contributed by atoms with E-state index in [1.807, 2.05) is 72.9 Å². The molecule has 3 aromatic heterocycles. The van der Waals surface area contributed by atoms with E-state index in [9.17, 15) is 0 Å². The first-order chi connectivity index (χ1) is 22.3. The normalized spacial score (nSPS) is 11.6. The number of aromatic nitrogens is 4. The van der Waals surface area contributed by atoms with Crippen LogP contribution in [0.5, 0.6) is 0 Å². The minimum atomic E-state index is 0.655. The van der Waals surface area contributed by atoms with Gasteiger partial charge in [0.1, 0.15) is 0 Å². The Bertz CT molecular complexity index is 2480. The van der Waals surface area contributed by atoms with Gasteiger partial charge in [-0.05, 0) is 46.8 Å². The molecule has 5 heteroatoms. The van der Waals surface area contributed by atoms with Crippen molar-refractivity contribution in [2.24, 2.45) is 0 Å². The zero-order valence-corrected chi connectivity index (χ0v) is 24.9. The summed E-state index contributed by atoms with van der Waals surface area (Å²) in [4.78, 5) is 19.9. The smallest absolute Gasteiger partial charge is 0.165 e. The number of thiophene rings is 1. The molecule has 0 saturated heterocycles. The summed E-state index contributed by atoms with van der Waals surface area (Å²) in [5.74, 6) is 1.97. The van der Waals surface area contributed by atoms with Gasteiger partial charge in [-0.2, -0.15) is 0 Å². The molecule has 9 aromatic rings. The van der Waals surface area contributed by atoms with Crippen LogP contribution >= 0.6 is 11.3 Å². The highest BCUT2D eigenvalue weighted by Gasteiger charge is 2.18. The second-order valence-corrected chi connectivity index (χ2v) is 12.2. The summed E-state index contributed by atoms with van der Waals surface area (Å²) in [5, 5.41) is 5.90. The van der Waals surface area contributed by atoms with Gasteiger partial charge in [-0.15, -0.1) is 11.3 Å². The number of pyridine rings is 1. The third-order valence-corrected chi connectivity index (χ3v) is 9.56. The van der Waals surface area contributed by atoms with Crippen molar-refractivity contribution in [1.82, 2.24) is 19.9 Å². The van der Waals surface area contributed by atoms with Gasteiger partial charge in [-0.1, -0.05) is 109 Å². The Kier molecular flexibility index (Phi) is 5.96. The SMILES string of the molecule is c1ccc(-c2nc(-c3ccccc3)nc(-c3cc(-c4ccc5c(cnc6ccccc65)c4)cc4c3sc3ccccc34)n2)cc1. The zero-order valence-electron chi connectivity index (χ0n) is 24.1. The molecule has 0 aliphatic carbocycles. The Hall–Kier alpha value is -5.78. The second kappa shape index (κ2) is 10.4. The van der Waals surface area contributed by atoms with E-state index in [1.165, 1.54) is 20.9 Å². The van der Waals surface area contributed by atoms with Gasteiger partial charge in [0.25, 0.3) is 0 Å². The number of nitrogens with zero attached hydrogens (tertiary/aromatic N) is 4. The predicted octanol–water partition coefficient (Wildman–Crippen LogP) is 10.6. The summed E-state index contributed by atoms with van der Waals surface area (Å²) < 4.78 is 2.40. The van der Waals surface area contributed by atoms with Gasteiger partial charge in [0.2, 0.25) is 0 Å². The lowest BCUT2D eigenvalue weighted by atomic mass is 9.96. The van der Waals surface area contributed by atoms with Crippen molar-refractivity contribution < 1.29 is 0 Å². The van der Waals surface area contributed by atoms with Crippen LogP contribution in [0.15, 0.2) is 146 Å². The molecule has 3 heterocycles. The molecule has 0 spiro atoms. The molecule has 0 atom stereocenters. The molecule has 0 radical (unpaired) electrons. The largest absolute Gasteiger partial charge is 0.256 e. The molecule has 0 bridgehead atoms. The fraction of sp³-hybridized carbons (Fsp3) is 0. The first kappa shape index (κ1) is 25.7. The molecule has 9 rings (SSSR count). The number of hydrogen-bond donors (Lipinski definition) is 0. The van der Waals surface area contributed by atoms with E-state index in [0.29, 0.717) is 17.5 Å². The lowest BCUT2D eigenvalue weighted by molar-refractivity contribution is 1.08. The number of hydrogen-bond acceptors (Lipinski definition) is 5. The molecule has 0 amide bonds. The molecule has 210 valence electrons. The third-order valence-electron chi connectivity index (χ3n) is 8.34. The minimum Gasteiger partial charge on any atom is -0.256 e. The maximum atomic E-state index is 5.11. The molecule has 0 saturated carbocycles. The molecule has 45 heavy (non-hydrogen) atoms. The van der Waals surface area contributed by atoms with Crippen LogP contribution in [0.1, 0.15) is 0 Å². The Morgan fingerprint density at radius 2 is 1.07 bits per heavy atom. The van der Waals surface area contributed by atoms with E-state index < -0.39 is 0 Å². The molecule has 4 nitrogen and oxygen atoms in total. The number of fused-ring (bicyclic) bond motifs is 6. The summed E-state index contributed by atoms with van der Waals surface area (Å²) in [6, 6.07) is 48.4. The topological polar surface area (TPSA) is 51.6 Å². The van der Waals surface area contributed by atoms with Gasteiger partial charge in [-0.25, -0.2) is 15.0 Å². The van der Waals surface area contributed by atoms with E-state index in [2.05, 4.69) is 72.8 Å². The van der Waals surface area contributed by atoms with Crippen molar-refractivity contribution in [3.63, 3.8) is 0 Å². The second-order valence-electron chi connectivity index (χ2n) is 11.1. The van der Waals surface area contributed by atoms with Gasteiger partial charge in [-0.3, -0.25) is 4.98 Å². The highest BCUT2D eigenvalue weighted by atomic mass is 32.1. The number of benzene rings is 6. The maximum absolute atomic E-state index is 5.11. The Morgan fingerprint density at radius 1 is 0.422 bits per heavy atom. The van der Waals surface area contributed by atoms with Crippen molar-refractivity contribution in [3.05, 3.63) is 146 Å². The van der Waals surface area contributed by atoms with Crippen molar-refractivity contribution in [2.75, 3.05) is 0 Å². The minimum absolute atomic E-state index is 0.655. The van der Waals surface area contributed by atoms with Crippen LogP contribution in [-0.4, -0.2) is 19.9 Å². The molecule has 0 fully saturated rings. The van der Waals surface area contributed by atoms with Crippen molar-refractivity contribution in [2.45, 2.75) is 0 Å². The van der Waals surface area contributed by atoms with Crippen LogP contribution in [0.3, 0.4) is 0 Å². The van der Waals surface area contributed by atoms with Crippen LogP contribution in [-0.2, 0) is 0 Å². The van der Waals surface area contributed by atoms with Crippen LogP contribution < -0.4 is 0 Å². The lowest BCUT2D eigenvalue weighted by Crippen LogP contribution is -2.00. The quantitative estimate of drug-likeness (QED) is 0.191. The van der Waals surface area contributed by atoms with Gasteiger partial charge >= 0.3 is 0 Å². The summed E-state index contributed by atoms with van der Waals surface area (Å²) in [5.41, 5.74) is 6.15. The Labute approximate surface area is 263 Å². The molecule has 6 aromatic carbocycles. The highest BCUT2D eigenvalue weighted by Crippen LogP contribution is 2.43. The highest BCUT2D eigenvalue weighted by molar-refractivity contribution is 7.26. The molecule has 0 aliphatic heterocycles. The maximum Gasteiger partial charge on any atom is 0.165 e. The monoisotopic (exact) mass is 592 g/mol. The van der Waals surface area contributed by atoms with Crippen LogP contribution in [0, 0.1) is 0 Å². The summed E-state index contributed by atoms with van der Waals surface area (Å²) >= 11 is 1.78. The fourth-order valence-electron chi connectivity index (χ4n) is 6.14. The van der Waals surface area contributed by atoms with E-state index in [0.717, 1.165) is 48.8 Å². The number of para-hydroxylation sites is 1. The first-order valence-corrected chi connectivity index (χ1v) is 15.7. The third kappa shape index (κ3) is 4.44. The van der Waals surface area contributed by atoms with Crippen molar-refractivity contribution in [3.8, 4) is 45.3 Å². The van der Waals surface area contributed by atoms with Crippen LogP contribution in [0.25, 0.3) is 87.1 Å². The molecule has 0 unspecified atom stereocenters. The molecule has 0 aliphatic rings. The molecule has 0 N–H and O–H groups in total. The van der Waals surface area contributed by atoms with Gasteiger partial charge < -0.3 is 0 Å². The van der Waals surface area contributed by atoms with E-state index in [-0.39, 0.29) is 0 Å². The summed E-state index contributed by atoms with van der Waals surface area (Å²) in [6.45, 7) is 0. The lowest BCUT2D eigenvalue weighted by Gasteiger charge is -2.12. The summed E-state index contributed by atoms with van der Waals surface area (Å²) in [7, 11) is 0. The van der Waals surface area contributed by atoms with E-state index in [4.69, 9.17) is 19.9 Å². The zero-order chi connectivity index (χ0) is 29.7. The Morgan fingerprint density at radius 3 is 1.82 bits per heavy atom. The molecular formula is C40H24N4S.